The van der Waals surface area contributed by atoms with Gasteiger partial charge in [0.1, 0.15) is 0 Å². The Morgan fingerprint density at radius 1 is 1.05 bits per heavy atom. The highest BCUT2D eigenvalue weighted by atomic mass is 15.2. The first-order valence-electron chi connectivity index (χ1n) is 7.34. The lowest BCUT2D eigenvalue weighted by molar-refractivity contribution is 0.550. The predicted molar refractivity (Wildman–Crippen MR) is 85.4 cm³/mol. The maximum atomic E-state index is 5.75. The van der Waals surface area contributed by atoms with E-state index in [0.717, 1.165) is 12.8 Å². The van der Waals surface area contributed by atoms with E-state index in [-0.39, 0.29) is 6.04 Å². The minimum Gasteiger partial charge on any atom is -0.271 e. The number of nitrogens with one attached hydrogen (secondary N) is 1. The molecule has 2 rings (SSSR count). The van der Waals surface area contributed by atoms with Crippen LogP contribution in [0.3, 0.4) is 0 Å². The number of hydrogen-bond acceptors (Lipinski definition) is 2. The third kappa shape index (κ3) is 3.69. The van der Waals surface area contributed by atoms with Crippen LogP contribution < -0.4 is 11.3 Å². The van der Waals surface area contributed by atoms with Gasteiger partial charge in [-0.15, -0.1) is 0 Å². The molecule has 20 heavy (non-hydrogen) atoms. The average Bonchev–Trinajstić information content (AvgIpc) is 2.48. The van der Waals surface area contributed by atoms with E-state index in [4.69, 9.17) is 5.84 Å². The van der Waals surface area contributed by atoms with Crippen molar-refractivity contribution in [1.82, 2.24) is 5.43 Å². The number of rotatable bonds is 6. The molecule has 0 aliphatic carbocycles. The van der Waals surface area contributed by atoms with Crippen molar-refractivity contribution in [2.75, 3.05) is 0 Å². The van der Waals surface area contributed by atoms with Crippen molar-refractivity contribution in [3.05, 3.63) is 70.8 Å². The fourth-order valence-corrected chi connectivity index (χ4v) is 2.54. The van der Waals surface area contributed by atoms with Crippen LogP contribution in [-0.4, -0.2) is 0 Å². The highest BCUT2D eigenvalue weighted by molar-refractivity contribution is 5.30. The second kappa shape index (κ2) is 7.22. The second-order valence-electron chi connectivity index (χ2n) is 5.34. The van der Waals surface area contributed by atoms with Crippen molar-refractivity contribution in [1.29, 1.82) is 0 Å². The van der Waals surface area contributed by atoms with Crippen LogP contribution in [0, 0.1) is 6.92 Å². The molecule has 2 aromatic rings. The Hall–Kier alpha value is -1.64. The molecule has 0 bridgehead atoms. The van der Waals surface area contributed by atoms with Crippen LogP contribution in [0.25, 0.3) is 0 Å². The largest absolute Gasteiger partial charge is 0.271 e. The van der Waals surface area contributed by atoms with Crippen LogP contribution in [0.5, 0.6) is 0 Å². The smallest absolute Gasteiger partial charge is 0.0500 e. The molecular weight excluding hydrogens is 244 g/mol. The SMILES string of the molecule is CCCc1ccc(C(Cc2ccccc2C)NN)cc1. The lowest BCUT2D eigenvalue weighted by Gasteiger charge is -2.18. The van der Waals surface area contributed by atoms with Crippen molar-refractivity contribution < 1.29 is 0 Å². The molecule has 0 saturated carbocycles. The molecule has 106 valence electrons. The van der Waals surface area contributed by atoms with E-state index >= 15 is 0 Å². The van der Waals surface area contributed by atoms with Crippen LogP contribution in [0.1, 0.15) is 41.6 Å². The molecule has 2 aromatic carbocycles. The summed E-state index contributed by atoms with van der Waals surface area (Å²) in [6.07, 6.45) is 3.23. The Morgan fingerprint density at radius 2 is 1.75 bits per heavy atom. The second-order valence-corrected chi connectivity index (χ2v) is 5.34. The molecule has 0 aliphatic heterocycles. The standard InChI is InChI=1S/C18H24N2/c1-3-6-15-9-11-16(12-10-15)18(20-19)13-17-8-5-4-7-14(17)2/h4-5,7-12,18,20H,3,6,13,19H2,1-2H3. The molecule has 0 fully saturated rings. The van der Waals surface area contributed by atoms with Gasteiger partial charge in [0.15, 0.2) is 0 Å². The number of benzene rings is 2. The van der Waals surface area contributed by atoms with Gasteiger partial charge in [0.25, 0.3) is 0 Å². The molecule has 2 nitrogen and oxygen atoms in total. The Bertz CT molecular complexity index is 531. The molecule has 0 amide bonds. The molecule has 0 heterocycles. The van der Waals surface area contributed by atoms with Gasteiger partial charge in [0, 0.05) is 6.04 Å². The summed E-state index contributed by atoms with van der Waals surface area (Å²) in [5, 5.41) is 0. The zero-order valence-electron chi connectivity index (χ0n) is 12.4. The van der Waals surface area contributed by atoms with E-state index in [0.29, 0.717) is 0 Å². The Kier molecular flexibility index (Phi) is 5.33. The first kappa shape index (κ1) is 14.8. The van der Waals surface area contributed by atoms with Gasteiger partial charge in [0.05, 0.1) is 0 Å². The summed E-state index contributed by atoms with van der Waals surface area (Å²) in [6, 6.07) is 17.4. The first-order chi connectivity index (χ1) is 9.74. The monoisotopic (exact) mass is 268 g/mol. The topological polar surface area (TPSA) is 38.0 Å². The Labute approximate surface area is 122 Å². The molecule has 1 unspecified atom stereocenters. The summed E-state index contributed by atoms with van der Waals surface area (Å²) >= 11 is 0. The molecule has 0 aliphatic rings. The van der Waals surface area contributed by atoms with Crippen molar-refractivity contribution in [3.8, 4) is 0 Å². The summed E-state index contributed by atoms with van der Waals surface area (Å²) < 4.78 is 0. The van der Waals surface area contributed by atoms with E-state index in [2.05, 4.69) is 67.8 Å². The van der Waals surface area contributed by atoms with E-state index in [1.165, 1.54) is 28.7 Å². The molecular formula is C18H24N2. The molecule has 0 aromatic heterocycles. The van der Waals surface area contributed by atoms with Gasteiger partial charge in [-0.3, -0.25) is 11.3 Å². The summed E-state index contributed by atoms with van der Waals surface area (Å²) in [4.78, 5) is 0. The van der Waals surface area contributed by atoms with Crippen molar-refractivity contribution in [2.45, 2.75) is 39.2 Å². The molecule has 0 saturated heterocycles. The fourth-order valence-electron chi connectivity index (χ4n) is 2.54. The zero-order chi connectivity index (χ0) is 14.4. The molecule has 0 radical (unpaired) electrons. The van der Waals surface area contributed by atoms with Gasteiger partial charge >= 0.3 is 0 Å². The fraction of sp³-hybridized carbons (Fsp3) is 0.333. The quantitative estimate of drug-likeness (QED) is 0.619. The lowest BCUT2D eigenvalue weighted by Crippen LogP contribution is -2.29. The van der Waals surface area contributed by atoms with Crippen LogP contribution in [0.4, 0.5) is 0 Å². The Balaban J connectivity index is 2.13. The summed E-state index contributed by atoms with van der Waals surface area (Å²) in [7, 11) is 0. The third-order valence-electron chi connectivity index (χ3n) is 3.81. The molecule has 2 heteroatoms. The summed E-state index contributed by atoms with van der Waals surface area (Å²) in [5.74, 6) is 5.75. The highest BCUT2D eigenvalue weighted by Crippen LogP contribution is 2.20. The first-order valence-corrected chi connectivity index (χ1v) is 7.34. The van der Waals surface area contributed by atoms with Crippen molar-refractivity contribution >= 4 is 0 Å². The van der Waals surface area contributed by atoms with Gasteiger partial charge < -0.3 is 0 Å². The van der Waals surface area contributed by atoms with E-state index in [1.807, 2.05) is 0 Å². The van der Waals surface area contributed by atoms with Gasteiger partial charge in [0.2, 0.25) is 0 Å². The summed E-state index contributed by atoms with van der Waals surface area (Å²) in [5.41, 5.74) is 8.24. The zero-order valence-corrected chi connectivity index (χ0v) is 12.4. The van der Waals surface area contributed by atoms with Gasteiger partial charge in [-0.05, 0) is 42.0 Å². The van der Waals surface area contributed by atoms with Crippen LogP contribution >= 0.6 is 0 Å². The van der Waals surface area contributed by atoms with Crippen LogP contribution in [0.15, 0.2) is 48.5 Å². The van der Waals surface area contributed by atoms with Crippen LogP contribution in [0.2, 0.25) is 0 Å². The minimum absolute atomic E-state index is 0.159. The number of nitrogens with two attached hydrogens (primary N) is 1. The highest BCUT2D eigenvalue weighted by Gasteiger charge is 2.11. The maximum absolute atomic E-state index is 5.75. The van der Waals surface area contributed by atoms with Crippen LogP contribution in [-0.2, 0) is 12.8 Å². The summed E-state index contributed by atoms with van der Waals surface area (Å²) in [6.45, 7) is 4.35. The van der Waals surface area contributed by atoms with Gasteiger partial charge in [-0.1, -0.05) is 61.9 Å². The van der Waals surface area contributed by atoms with E-state index in [9.17, 15) is 0 Å². The van der Waals surface area contributed by atoms with E-state index < -0.39 is 0 Å². The lowest BCUT2D eigenvalue weighted by atomic mass is 9.95. The average molecular weight is 268 g/mol. The van der Waals surface area contributed by atoms with Crippen molar-refractivity contribution in [3.63, 3.8) is 0 Å². The van der Waals surface area contributed by atoms with Gasteiger partial charge in [-0.2, -0.15) is 0 Å². The maximum Gasteiger partial charge on any atom is 0.0500 e. The number of aryl methyl sites for hydroxylation is 2. The normalized spacial score (nSPS) is 12.3. The molecule has 0 spiro atoms. The Morgan fingerprint density at radius 3 is 2.35 bits per heavy atom. The number of hydrogen-bond donors (Lipinski definition) is 2. The third-order valence-corrected chi connectivity index (χ3v) is 3.81. The molecule has 1 atom stereocenters. The predicted octanol–water partition coefficient (Wildman–Crippen LogP) is 3.69. The van der Waals surface area contributed by atoms with Gasteiger partial charge in [-0.25, -0.2) is 0 Å². The molecule has 3 N–H and O–H groups in total. The van der Waals surface area contributed by atoms with E-state index in [1.54, 1.807) is 0 Å². The number of hydrazine groups is 1. The minimum atomic E-state index is 0.159. The van der Waals surface area contributed by atoms with Crippen molar-refractivity contribution in [2.24, 2.45) is 5.84 Å².